The number of halogens is 2. The standard InChI is InChI=1S/C20H17ClFNO/c1-24-17-13-12-16(20(21)23-15-10-6-3-7-11-15)19(22)18(17)14-8-4-2-5-9-14/h2-13,20,23H,1H3. The highest BCUT2D eigenvalue weighted by atomic mass is 35.5. The molecule has 0 radical (unpaired) electrons. The van der Waals surface area contributed by atoms with E-state index in [1.165, 1.54) is 7.11 Å². The fourth-order valence-corrected chi connectivity index (χ4v) is 2.87. The molecule has 1 unspecified atom stereocenters. The highest BCUT2D eigenvalue weighted by molar-refractivity contribution is 6.21. The molecule has 0 fully saturated rings. The lowest BCUT2D eigenvalue weighted by Crippen LogP contribution is -2.07. The monoisotopic (exact) mass is 341 g/mol. The van der Waals surface area contributed by atoms with E-state index in [1.807, 2.05) is 60.7 Å². The number of methoxy groups -OCH3 is 1. The van der Waals surface area contributed by atoms with Crippen molar-refractivity contribution in [3.05, 3.63) is 84.2 Å². The topological polar surface area (TPSA) is 21.3 Å². The molecule has 0 spiro atoms. The second-order valence-electron chi connectivity index (χ2n) is 5.28. The van der Waals surface area contributed by atoms with Gasteiger partial charge in [0.25, 0.3) is 0 Å². The van der Waals surface area contributed by atoms with Crippen LogP contribution in [0.15, 0.2) is 72.8 Å². The lowest BCUT2D eigenvalue weighted by atomic mass is 10.0. The molecule has 1 N–H and O–H groups in total. The highest BCUT2D eigenvalue weighted by Gasteiger charge is 2.20. The van der Waals surface area contributed by atoms with Crippen molar-refractivity contribution in [1.29, 1.82) is 0 Å². The maximum absolute atomic E-state index is 15.2. The van der Waals surface area contributed by atoms with E-state index < -0.39 is 5.50 Å². The number of hydrogen-bond acceptors (Lipinski definition) is 2. The normalized spacial score (nSPS) is 11.8. The summed E-state index contributed by atoms with van der Waals surface area (Å²) in [4.78, 5) is 0. The van der Waals surface area contributed by atoms with Crippen LogP contribution in [0.4, 0.5) is 10.1 Å². The Morgan fingerprint density at radius 2 is 1.54 bits per heavy atom. The zero-order chi connectivity index (χ0) is 16.9. The van der Waals surface area contributed by atoms with Gasteiger partial charge in [-0.2, -0.15) is 0 Å². The van der Waals surface area contributed by atoms with Crippen molar-refractivity contribution in [3.8, 4) is 16.9 Å². The van der Waals surface area contributed by atoms with E-state index in [2.05, 4.69) is 5.32 Å². The molecule has 0 amide bonds. The Labute approximate surface area is 145 Å². The van der Waals surface area contributed by atoms with Crippen LogP contribution in [-0.4, -0.2) is 7.11 Å². The summed E-state index contributed by atoms with van der Waals surface area (Å²) in [7, 11) is 1.53. The number of benzene rings is 3. The van der Waals surface area contributed by atoms with Crippen LogP contribution < -0.4 is 10.1 Å². The SMILES string of the molecule is COc1ccc(C(Cl)Nc2ccccc2)c(F)c1-c1ccccc1. The van der Waals surface area contributed by atoms with Crippen LogP contribution in [-0.2, 0) is 0 Å². The van der Waals surface area contributed by atoms with Crippen LogP contribution in [0, 0.1) is 5.82 Å². The first-order valence-corrected chi connectivity index (χ1v) is 8.02. The first kappa shape index (κ1) is 16.3. The Kier molecular flexibility index (Phi) is 5.02. The van der Waals surface area contributed by atoms with Gasteiger partial charge < -0.3 is 10.1 Å². The van der Waals surface area contributed by atoms with Crippen LogP contribution >= 0.6 is 11.6 Å². The Bertz CT molecular complexity index is 809. The number of anilines is 1. The Balaban J connectivity index is 2.00. The minimum absolute atomic E-state index is 0.375. The molecule has 3 rings (SSSR count). The fraction of sp³-hybridized carbons (Fsp3) is 0.100. The quantitative estimate of drug-likeness (QED) is 0.464. The lowest BCUT2D eigenvalue weighted by molar-refractivity contribution is 0.413. The third-order valence-electron chi connectivity index (χ3n) is 3.76. The van der Waals surface area contributed by atoms with Crippen LogP contribution in [0.3, 0.4) is 0 Å². The predicted molar refractivity (Wildman–Crippen MR) is 97.0 cm³/mol. The van der Waals surface area contributed by atoms with E-state index in [1.54, 1.807) is 12.1 Å². The van der Waals surface area contributed by atoms with E-state index in [9.17, 15) is 0 Å². The molecule has 0 heterocycles. The van der Waals surface area contributed by atoms with Gasteiger partial charge in [-0.25, -0.2) is 4.39 Å². The second-order valence-corrected chi connectivity index (χ2v) is 5.72. The van der Waals surface area contributed by atoms with Crippen LogP contribution in [0.1, 0.15) is 11.1 Å². The van der Waals surface area contributed by atoms with Crippen molar-refractivity contribution in [3.63, 3.8) is 0 Å². The highest BCUT2D eigenvalue weighted by Crippen LogP contribution is 2.37. The summed E-state index contributed by atoms with van der Waals surface area (Å²) < 4.78 is 20.5. The van der Waals surface area contributed by atoms with Crippen LogP contribution in [0.2, 0.25) is 0 Å². The molecular formula is C20H17ClFNO. The summed E-state index contributed by atoms with van der Waals surface area (Å²) in [5.74, 6) is 0.0926. The van der Waals surface area contributed by atoms with Gasteiger partial charge in [0, 0.05) is 11.3 Å². The average Bonchev–Trinajstić information content (AvgIpc) is 2.62. The first-order valence-electron chi connectivity index (χ1n) is 7.58. The molecule has 122 valence electrons. The van der Waals surface area contributed by atoms with Gasteiger partial charge in [-0.1, -0.05) is 60.1 Å². The molecule has 0 saturated heterocycles. The average molecular weight is 342 g/mol. The van der Waals surface area contributed by atoms with E-state index in [0.717, 1.165) is 11.3 Å². The van der Waals surface area contributed by atoms with Crippen molar-refractivity contribution < 1.29 is 9.13 Å². The number of alkyl halides is 1. The molecule has 3 aromatic carbocycles. The molecular weight excluding hydrogens is 325 g/mol. The Morgan fingerprint density at radius 1 is 0.917 bits per heavy atom. The summed E-state index contributed by atoms with van der Waals surface area (Å²) in [6, 6.07) is 22.2. The minimum Gasteiger partial charge on any atom is -0.496 e. The molecule has 0 bridgehead atoms. The lowest BCUT2D eigenvalue weighted by Gasteiger charge is -2.18. The smallest absolute Gasteiger partial charge is 0.141 e. The van der Waals surface area contributed by atoms with E-state index in [4.69, 9.17) is 16.3 Å². The molecule has 0 aliphatic carbocycles. The van der Waals surface area contributed by atoms with Gasteiger partial charge in [0.15, 0.2) is 0 Å². The Morgan fingerprint density at radius 3 is 2.17 bits per heavy atom. The number of nitrogens with one attached hydrogen (secondary N) is 1. The first-order chi connectivity index (χ1) is 11.7. The maximum atomic E-state index is 15.2. The van der Waals surface area contributed by atoms with Gasteiger partial charge in [-0.15, -0.1) is 0 Å². The number of rotatable bonds is 5. The summed E-state index contributed by atoms with van der Waals surface area (Å²) in [6.07, 6.45) is 0. The van der Waals surface area contributed by atoms with Gasteiger partial charge in [0.05, 0.1) is 12.7 Å². The number of para-hydroxylation sites is 1. The van der Waals surface area contributed by atoms with E-state index in [0.29, 0.717) is 16.9 Å². The van der Waals surface area contributed by atoms with Gasteiger partial charge in [-0.3, -0.25) is 0 Å². The van der Waals surface area contributed by atoms with Gasteiger partial charge >= 0.3 is 0 Å². The third-order valence-corrected chi connectivity index (χ3v) is 4.10. The van der Waals surface area contributed by atoms with Crippen molar-refractivity contribution in [2.45, 2.75) is 5.50 Å². The summed E-state index contributed by atoms with van der Waals surface area (Å²) >= 11 is 6.41. The minimum atomic E-state index is -0.694. The summed E-state index contributed by atoms with van der Waals surface area (Å²) in [5.41, 5.74) is 1.67. The summed E-state index contributed by atoms with van der Waals surface area (Å²) in [6.45, 7) is 0. The van der Waals surface area contributed by atoms with Crippen molar-refractivity contribution in [1.82, 2.24) is 0 Å². The zero-order valence-corrected chi connectivity index (χ0v) is 13.9. The molecule has 24 heavy (non-hydrogen) atoms. The summed E-state index contributed by atoms with van der Waals surface area (Å²) in [5, 5.41) is 3.10. The zero-order valence-electron chi connectivity index (χ0n) is 13.2. The second kappa shape index (κ2) is 7.37. The van der Waals surface area contributed by atoms with E-state index >= 15 is 4.39 Å². The van der Waals surface area contributed by atoms with E-state index in [-0.39, 0.29) is 5.82 Å². The molecule has 0 saturated carbocycles. The van der Waals surface area contributed by atoms with Crippen LogP contribution in [0.5, 0.6) is 5.75 Å². The largest absolute Gasteiger partial charge is 0.496 e. The predicted octanol–water partition coefficient (Wildman–Crippen LogP) is 5.85. The third kappa shape index (κ3) is 3.36. The molecule has 0 aliphatic heterocycles. The molecule has 0 aliphatic rings. The van der Waals surface area contributed by atoms with Crippen molar-refractivity contribution >= 4 is 17.3 Å². The molecule has 1 atom stereocenters. The number of ether oxygens (including phenoxy) is 1. The molecule has 3 aromatic rings. The molecule has 2 nitrogen and oxygen atoms in total. The van der Waals surface area contributed by atoms with Crippen molar-refractivity contribution in [2.75, 3.05) is 12.4 Å². The maximum Gasteiger partial charge on any atom is 0.141 e. The Hall–Kier alpha value is -2.52. The van der Waals surface area contributed by atoms with Gasteiger partial charge in [-0.05, 0) is 29.8 Å². The fourth-order valence-electron chi connectivity index (χ4n) is 2.57. The van der Waals surface area contributed by atoms with Gasteiger partial charge in [0.2, 0.25) is 0 Å². The number of hydrogen-bond donors (Lipinski definition) is 1. The van der Waals surface area contributed by atoms with Crippen molar-refractivity contribution in [2.24, 2.45) is 0 Å². The van der Waals surface area contributed by atoms with Gasteiger partial charge in [0.1, 0.15) is 17.1 Å². The molecule has 4 heteroatoms. The van der Waals surface area contributed by atoms with Crippen LogP contribution in [0.25, 0.3) is 11.1 Å². The molecule has 0 aromatic heterocycles.